The molecule has 0 atom stereocenters. The molecule has 0 aromatic rings. The average Bonchev–Trinajstić information content (AvgIpc) is 3.18. The first kappa shape index (κ1) is 53.9. The van der Waals surface area contributed by atoms with Crippen LogP contribution in [0.5, 0.6) is 0 Å². The van der Waals surface area contributed by atoms with Crippen molar-refractivity contribution in [1.82, 2.24) is 4.90 Å². The zero-order valence-electron chi connectivity index (χ0n) is 37.7. The van der Waals surface area contributed by atoms with Gasteiger partial charge in [0.05, 0.1) is 13.2 Å². The van der Waals surface area contributed by atoms with Crippen LogP contribution in [0.2, 0.25) is 0 Å². The van der Waals surface area contributed by atoms with E-state index in [4.69, 9.17) is 9.47 Å². The summed E-state index contributed by atoms with van der Waals surface area (Å²) in [6.07, 6.45) is 41.5. The molecule has 0 radical (unpaired) electrons. The smallest absolute Gasteiger partial charge is 0.305 e. The number of carbonyl (C=O) groups excluding carboxylic acids is 2. The lowest BCUT2D eigenvalue weighted by Gasteiger charge is -2.22. The third-order valence-corrected chi connectivity index (χ3v) is 11.8. The maximum atomic E-state index is 12.5. The minimum Gasteiger partial charge on any atom is -0.466 e. The second-order valence-electron chi connectivity index (χ2n) is 17.1. The molecule has 0 unspecified atom stereocenters. The van der Waals surface area contributed by atoms with Crippen LogP contribution in [0.4, 0.5) is 0 Å². The lowest BCUT2D eigenvalue weighted by Crippen LogP contribution is -2.27. The molecule has 0 aliphatic carbocycles. The Morgan fingerprint density at radius 3 is 1.13 bits per heavy atom. The number of aliphatic hydroxyl groups is 1. The number of unbranched alkanes of at least 4 members (excludes halogenated alkanes) is 20. The summed E-state index contributed by atoms with van der Waals surface area (Å²) in [5.74, 6) is 1.40. The molecule has 0 rings (SSSR count). The second kappa shape index (κ2) is 44.0. The number of aliphatic hydroxyl groups excluding tert-OH is 1. The van der Waals surface area contributed by atoms with E-state index in [1.54, 1.807) is 0 Å². The molecule has 0 aliphatic rings. The van der Waals surface area contributed by atoms with Crippen LogP contribution >= 0.6 is 0 Å². The summed E-state index contributed by atoms with van der Waals surface area (Å²) in [5.41, 5.74) is 0. The molecular weight excluding hydrogens is 683 g/mol. The van der Waals surface area contributed by atoms with Gasteiger partial charge in [-0.1, -0.05) is 195 Å². The molecular formula is C49H97NO5. The molecule has 0 aromatic carbocycles. The number of hydrogen-bond donors (Lipinski definition) is 1. The number of esters is 2. The summed E-state index contributed by atoms with van der Waals surface area (Å²) >= 11 is 0. The highest BCUT2D eigenvalue weighted by Crippen LogP contribution is 2.23. The summed E-state index contributed by atoms with van der Waals surface area (Å²) in [5, 5.41) is 9.41. The Balaban J connectivity index is 4.06. The topological polar surface area (TPSA) is 76.1 Å². The van der Waals surface area contributed by atoms with Gasteiger partial charge >= 0.3 is 11.9 Å². The van der Waals surface area contributed by atoms with Gasteiger partial charge in [-0.15, -0.1) is 0 Å². The first-order chi connectivity index (χ1) is 27.0. The normalized spacial score (nSPS) is 11.7. The van der Waals surface area contributed by atoms with Crippen molar-refractivity contribution < 1.29 is 24.2 Å². The van der Waals surface area contributed by atoms with Crippen molar-refractivity contribution in [3.05, 3.63) is 0 Å². The van der Waals surface area contributed by atoms with Gasteiger partial charge in [-0.3, -0.25) is 9.59 Å². The molecule has 0 saturated carbocycles. The molecule has 0 aromatic heterocycles. The van der Waals surface area contributed by atoms with Gasteiger partial charge in [-0.2, -0.15) is 0 Å². The minimum atomic E-state index is -0.0174. The number of rotatable bonds is 45. The van der Waals surface area contributed by atoms with Crippen LogP contribution in [0.25, 0.3) is 0 Å². The fourth-order valence-corrected chi connectivity index (χ4v) is 8.00. The van der Waals surface area contributed by atoms with E-state index < -0.39 is 0 Å². The summed E-state index contributed by atoms with van der Waals surface area (Å²) in [6.45, 7) is 13.6. The van der Waals surface area contributed by atoms with Crippen LogP contribution in [0.1, 0.15) is 252 Å². The highest BCUT2D eigenvalue weighted by molar-refractivity contribution is 5.69. The van der Waals surface area contributed by atoms with E-state index in [9.17, 15) is 14.7 Å². The predicted molar refractivity (Wildman–Crippen MR) is 237 cm³/mol. The van der Waals surface area contributed by atoms with Crippen molar-refractivity contribution in [3.63, 3.8) is 0 Å². The van der Waals surface area contributed by atoms with E-state index in [1.165, 1.54) is 167 Å². The van der Waals surface area contributed by atoms with Crippen LogP contribution in [0, 0.1) is 11.8 Å². The molecule has 0 bridgehead atoms. The van der Waals surface area contributed by atoms with Crippen LogP contribution in [-0.2, 0) is 19.1 Å². The maximum absolute atomic E-state index is 12.5. The van der Waals surface area contributed by atoms with E-state index >= 15 is 0 Å². The van der Waals surface area contributed by atoms with E-state index in [0.717, 1.165) is 64.6 Å². The molecule has 6 nitrogen and oxygen atoms in total. The Labute approximate surface area is 343 Å². The molecule has 6 heteroatoms. The van der Waals surface area contributed by atoms with Crippen molar-refractivity contribution in [3.8, 4) is 0 Å². The average molecular weight is 780 g/mol. The zero-order valence-corrected chi connectivity index (χ0v) is 37.7. The van der Waals surface area contributed by atoms with Gasteiger partial charge in [-0.05, 0) is 69.9 Å². The Morgan fingerprint density at radius 2 is 0.727 bits per heavy atom. The van der Waals surface area contributed by atoms with E-state index in [2.05, 4.69) is 32.6 Å². The molecule has 0 amide bonds. The van der Waals surface area contributed by atoms with Gasteiger partial charge < -0.3 is 19.5 Å². The van der Waals surface area contributed by atoms with Gasteiger partial charge in [-0.25, -0.2) is 0 Å². The molecule has 55 heavy (non-hydrogen) atoms. The molecule has 328 valence electrons. The molecule has 0 fully saturated rings. The van der Waals surface area contributed by atoms with Gasteiger partial charge in [0.1, 0.15) is 0 Å². The molecule has 0 heterocycles. The van der Waals surface area contributed by atoms with Crippen molar-refractivity contribution >= 4 is 11.9 Å². The summed E-state index contributed by atoms with van der Waals surface area (Å²) in [6, 6.07) is 0. The highest BCUT2D eigenvalue weighted by atomic mass is 16.5. The van der Waals surface area contributed by atoms with Crippen molar-refractivity contribution in [1.29, 1.82) is 0 Å². The first-order valence-corrected chi connectivity index (χ1v) is 24.6. The second-order valence-corrected chi connectivity index (χ2v) is 17.1. The van der Waals surface area contributed by atoms with E-state index in [1.807, 2.05) is 0 Å². The first-order valence-electron chi connectivity index (χ1n) is 24.6. The maximum Gasteiger partial charge on any atom is 0.305 e. The predicted octanol–water partition coefficient (Wildman–Crippen LogP) is 14.3. The van der Waals surface area contributed by atoms with Gasteiger partial charge in [0.25, 0.3) is 0 Å². The Hall–Kier alpha value is -1.14. The van der Waals surface area contributed by atoms with Gasteiger partial charge in [0, 0.05) is 26.0 Å². The standard InChI is InChI=1S/C49H97NO5/c1-5-9-13-15-19-25-34-47(35-26-20-16-14-10-6-2)39-45-55-49(53)37-28-22-18-24-30-41-50(42-31-43-51)40-29-23-17-21-27-36-48(52)54-44-38-46(32-11-7-3)33-12-8-4/h46-47,51H,5-45H2,1-4H3. The van der Waals surface area contributed by atoms with E-state index in [-0.39, 0.29) is 18.5 Å². The lowest BCUT2D eigenvalue weighted by molar-refractivity contribution is -0.145. The Kier molecular flexibility index (Phi) is 43.1. The van der Waals surface area contributed by atoms with Gasteiger partial charge in [0.2, 0.25) is 0 Å². The quantitative estimate of drug-likeness (QED) is 0.0490. The van der Waals surface area contributed by atoms with Gasteiger partial charge in [0.15, 0.2) is 0 Å². The van der Waals surface area contributed by atoms with E-state index in [0.29, 0.717) is 37.9 Å². The number of nitrogens with zero attached hydrogens (tertiary/aromatic N) is 1. The third kappa shape index (κ3) is 39.5. The monoisotopic (exact) mass is 780 g/mol. The fraction of sp³-hybridized carbons (Fsp3) is 0.959. The summed E-state index contributed by atoms with van der Waals surface area (Å²) in [4.78, 5) is 27.2. The Morgan fingerprint density at radius 1 is 0.400 bits per heavy atom. The van der Waals surface area contributed by atoms with Crippen molar-refractivity contribution in [2.45, 2.75) is 252 Å². The molecule has 0 spiro atoms. The summed E-state index contributed by atoms with van der Waals surface area (Å²) < 4.78 is 11.3. The lowest BCUT2D eigenvalue weighted by atomic mass is 9.91. The Bertz CT molecular complexity index is 767. The number of ether oxygens (including phenoxy) is 2. The van der Waals surface area contributed by atoms with Crippen LogP contribution < -0.4 is 0 Å². The number of hydrogen-bond acceptors (Lipinski definition) is 6. The van der Waals surface area contributed by atoms with Crippen LogP contribution in [-0.4, -0.2) is 61.4 Å². The molecule has 1 N–H and O–H groups in total. The SMILES string of the molecule is CCCCCCCCC(CCCCCCCC)CCOC(=O)CCCCCCCN(CCCO)CCCCCCCC(=O)OCCC(CCCC)CCCC. The molecule has 0 saturated heterocycles. The summed E-state index contributed by atoms with van der Waals surface area (Å²) in [7, 11) is 0. The molecule has 0 aliphatic heterocycles. The van der Waals surface area contributed by atoms with Crippen LogP contribution in [0.3, 0.4) is 0 Å². The largest absolute Gasteiger partial charge is 0.466 e. The van der Waals surface area contributed by atoms with Crippen molar-refractivity contribution in [2.75, 3.05) is 39.5 Å². The number of carbonyl (C=O) groups is 2. The highest BCUT2D eigenvalue weighted by Gasteiger charge is 2.12. The zero-order chi connectivity index (χ0) is 40.3. The minimum absolute atomic E-state index is 0.00276. The van der Waals surface area contributed by atoms with Crippen molar-refractivity contribution in [2.24, 2.45) is 11.8 Å². The fourth-order valence-electron chi connectivity index (χ4n) is 8.00. The third-order valence-electron chi connectivity index (χ3n) is 11.8. The van der Waals surface area contributed by atoms with Crippen LogP contribution in [0.15, 0.2) is 0 Å².